The lowest BCUT2D eigenvalue weighted by Gasteiger charge is -2.05. The fraction of sp³-hybridized carbons (Fsp3) is 0.111. The maximum absolute atomic E-state index is 10.6. The molecule has 3 rings (SSSR count). The first-order valence-corrected chi connectivity index (χ1v) is 9.11. The van der Waals surface area contributed by atoms with E-state index in [1.165, 1.54) is 4.68 Å². The van der Waals surface area contributed by atoms with Gasteiger partial charge in [0, 0.05) is 11.1 Å². The molecule has 0 amide bonds. The van der Waals surface area contributed by atoms with Crippen LogP contribution in [-0.2, 0) is 0 Å². The highest BCUT2D eigenvalue weighted by molar-refractivity contribution is 8.06. The number of hydrogen-bond donors (Lipinski definition) is 2. The van der Waals surface area contributed by atoms with Gasteiger partial charge in [-0.2, -0.15) is 25.3 Å². The first kappa shape index (κ1) is 15.9. The molecule has 0 radical (unpaired) electrons. The number of nitrogens with zero attached hydrogens (tertiary/aromatic N) is 4. The number of hydrogen-bond acceptors (Lipinski definition) is 4. The van der Waals surface area contributed by atoms with Crippen molar-refractivity contribution in [2.75, 3.05) is 6.26 Å². The Balaban J connectivity index is 2.06. The van der Waals surface area contributed by atoms with Crippen molar-refractivity contribution >= 4 is 10.3 Å². The molecule has 1 atom stereocenters. The molecule has 0 saturated carbocycles. The van der Waals surface area contributed by atoms with Gasteiger partial charge in [-0.1, -0.05) is 12.1 Å². The molecule has 1 N–H and O–H groups in total. The molecule has 0 saturated heterocycles. The zero-order valence-corrected chi connectivity index (χ0v) is 14.2. The summed E-state index contributed by atoms with van der Waals surface area (Å²) < 4.78 is 1.40. The van der Waals surface area contributed by atoms with E-state index in [4.69, 9.17) is 10.9 Å². The fourth-order valence-corrected chi connectivity index (χ4v) is 2.99. The van der Waals surface area contributed by atoms with Crippen LogP contribution in [0.2, 0.25) is 0 Å². The summed E-state index contributed by atoms with van der Waals surface area (Å²) in [5, 5.41) is 23.9. The van der Waals surface area contributed by atoms with Gasteiger partial charge < -0.3 is 5.11 Å². The Morgan fingerprint density at radius 2 is 1.92 bits per heavy atom. The van der Waals surface area contributed by atoms with E-state index < -0.39 is 10.3 Å². The SMILES string of the molecule is C#[SH](C)c1ccc(-n2nc(C)c(-c3ccc(C#N)cc3)c2O)nc1. The monoisotopic (exact) mass is 336 g/mol. The molecule has 0 fully saturated rings. The summed E-state index contributed by atoms with van der Waals surface area (Å²) in [6.07, 6.45) is 3.66. The maximum atomic E-state index is 10.6. The highest BCUT2D eigenvalue weighted by Crippen LogP contribution is 2.34. The first-order valence-electron chi connectivity index (χ1n) is 7.25. The smallest absolute Gasteiger partial charge is 0.223 e. The Morgan fingerprint density at radius 1 is 1.21 bits per heavy atom. The standard InChI is InChI=1S/C18H16N4OS/c1-12-17(14-6-4-13(10-19)5-7-14)18(23)22(21-12)16-9-8-15(11-20-16)24(2)3/h2,4-9,11,23-24H,1,3H3. The van der Waals surface area contributed by atoms with Crippen LogP contribution in [0.1, 0.15) is 11.3 Å². The van der Waals surface area contributed by atoms with Crippen molar-refractivity contribution < 1.29 is 5.11 Å². The minimum Gasteiger partial charge on any atom is -0.493 e. The number of thiol groups is 1. The molecule has 3 aromatic rings. The zero-order chi connectivity index (χ0) is 17.3. The van der Waals surface area contributed by atoms with E-state index in [9.17, 15) is 5.11 Å². The molecule has 0 aliphatic rings. The molecular weight excluding hydrogens is 320 g/mol. The minimum absolute atomic E-state index is 0.0176. The molecule has 1 unspecified atom stereocenters. The lowest BCUT2D eigenvalue weighted by atomic mass is 10.0. The third kappa shape index (κ3) is 2.79. The molecule has 2 aromatic heterocycles. The van der Waals surface area contributed by atoms with Gasteiger partial charge in [0.1, 0.15) is 0 Å². The number of aryl methyl sites for hydroxylation is 1. The summed E-state index contributed by atoms with van der Waals surface area (Å²) in [4.78, 5) is 5.32. The van der Waals surface area contributed by atoms with Gasteiger partial charge in [0.05, 0.1) is 22.9 Å². The van der Waals surface area contributed by atoms with Crippen molar-refractivity contribution in [1.82, 2.24) is 14.8 Å². The summed E-state index contributed by atoms with van der Waals surface area (Å²) >= 11 is 0. The van der Waals surface area contributed by atoms with Crippen molar-refractivity contribution in [3.8, 4) is 34.6 Å². The second-order valence-corrected chi connectivity index (χ2v) is 7.11. The normalized spacial score (nSPS) is 11.8. The van der Waals surface area contributed by atoms with E-state index in [1.54, 1.807) is 36.5 Å². The zero-order valence-electron chi connectivity index (χ0n) is 13.3. The number of rotatable bonds is 2. The summed E-state index contributed by atoms with van der Waals surface area (Å²) in [6, 6.07) is 12.8. The van der Waals surface area contributed by atoms with Crippen LogP contribution in [0.25, 0.3) is 16.9 Å². The number of pyridine rings is 1. The topological polar surface area (TPSA) is 74.7 Å². The molecule has 24 heavy (non-hydrogen) atoms. The van der Waals surface area contributed by atoms with Crippen LogP contribution in [-0.4, -0.2) is 26.1 Å². The fourth-order valence-electron chi connectivity index (χ4n) is 2.44. The van der Waals surface area contributed by atoms with E-state index in [1.807, 2.05) is 19.2 Å². The van der Waals surface area contributed by atoms with Crippen LogP contribution in [0.4, 0.5) is 0 Å². The van der Waals surface area contributed by atoms with Gasteiger partial charge in [-0.05, 0) is 43.0 Å². The van der Waals surface area contributed by atoms with Crippen LogP contribution in [0.5, 0.6) is 5.88 Å². The summed E-state index contributed by atoms with van der Waals surface area (Å²) in [7, 11) is -0.708. The van der Waals surface area contributed by atoms with Crippen molar-refractivity contribution in [3.05, 3.63) is 53.9 Å². The largest absolute Gasteiger partial charge is 0.493 e. The second-order valence-electron chi connectivity index (χ2n) is 5.37. The van der Waals surface area contributed by atoms with Gasteiger partial charge in [-0.3, -0.25) is 0 Å². The quantitative estimate of drug-likeness (QED) is 0.703. The van der Waals surface area contributed by atoms with E-state index in [0.717, 1.165) is 10.5 Å². The Labute approximate surface area is 142 Å². The summed E-state index contributed by atoms with van der Waals surface area (Å²) in [5.74, 6) is 0.542. The van der Waals surface area contributed by atoms with E-state index in [-0.39, 0.29) is 5.88 Å². The van der Waals surface area contributed by atoms with Crippen LogP contribution in [0.15, 0.2) is 47.5 Å². The number of nitriles is 1. The highest BCUT2D eigenvalue weighted by Gasteiger charge is 2.18. The van der Waals surface area contributed by atoms with E-state index in [2.05, 4.69) is 16.2 Å². The molecule has 1 aromatic carbocycles. The highest BCUT2D eigenvalue weighted by atomic mass is 32.2. The third-order valence-electron chi connectivity index (χ3n) is 3.70. The first-order chi connectivity index (χ1) is 11.5. The molecular formula is C18H16N4OS. The average molecular weight is 336 g/mol. The van der Waals surface area contributed by atoms with Gasteiger partial charge in [0.2, 0.25) is 5.88 Å². The molecule has 6 heteroatoms. The Kier molecular flexibility index (Phi) is 4.13. The van der Waals surface area contributed by atoms with Gasteiger partial charge in [-0.25, -0.2) is 4.98 Å². The van der Waals surface area contributed by atoms with Crippen molar-refractivity contribution in [2.45, 2.75) is 11.8 Å². The van der Waals surface area contributed by atoms with E-state index in [0.29, 0.717) is 22.6 Å². The van der Waals surface area contributed by atoms with Crippen LogP contribution >= 0.6 is 10.3 Å². The van der Waals surface area contributed by atoms with Gasteiger partial charge in [0.25, 0.3) is 0 Å². The Bertz CT molecular complexity index is 1000. The van der Waals surface area contributed by atoms with Gasteiger partial charge >= 0.3 is 0 Å². The van der Waals surface area contributed by atoms with Crippen LogP contribution in [0.3, 0.4) is 0 Å². The molecule has 0 aliphatic carbocycles. The average Bonchev–Trinajstić information content (AvgIpc) is 2.89. The van der Waals surface area contributed by atoms with Crippen molar-refractivity contribution in [1.29, 1.82) is 5.26 Å². The van der Waals surface area contributed by atoms with Crippen molar-refractivity contribution in [3.63, 3.8) is 0 Å². The lowest BCUT2D eigenvalue weighted by Crippen LogP contribution is -1.99. The van der Waals surface area contributed by atoms with Crippen molar-refractivity contribution in [2.24, 2.45) is 0 Å². The number of aromatic nitrogens is 3. The van der Waals surface area contributed by atoms with Crippen LogP contribution < -0.4 is 0 Å². The van der Waals surface area contributed by atoms with Gasteiger partial charge in [0.15, 0.2) is 5.82 Å². The van der Waals surface area contributed by atoms with Crippen LogP contribution in [0, 0.1) is 23.9 Å². The van der Waals surface area contributed by atoms with E-state index >= 15 is 0 Å². The number of aromatic hydroxyl groups is 1. The summed E-state index contributed by atoms with van der Waals surface area (Å²) in [5.41, 5.74) is 8.56. The molecule has 0 spiro atoms. The second kappa shape index (κ2) is 6.25. The molecule has 5 nitrogen and oxygen atoms in total. The third-order valence-corrected chi connectivity index (χ3v) is 4.77. The van der Waals surface area contributed by atoms with Gasteiger partial charge in [-0.15, -0.1) is 5.69 Å². The molecule has 0 bridgehead atoms. The number of benzene rings is 1. The minimum atomic E-state index is -0.708. The Morgan fingerprint density at radius 3 is 2.46 bits per heavy atom. The molecule has 0 aliphatic heterocycles. The molecule has 2 heterocycles. The lowest BCUT2D eigenvalue weighted by molar-refractivity contribution is 0.433. The predicted octanol–water partition coefficient (Wildman–Crippen LogP) is 3.40. The molecule has 120 valence electrons. The predicted molar refractivity (Wildman–Crippen MR) is 96.0 cm³/mol. The summed E-state index contributed by atoms with van der Waals surface area (Å²) in [6.45, 7) is 1.82. The Hall–Kier alpha value is -3.00. The maximum Gasteiger partial charge on any atom is 0.223 e.